The van der Waals surface area contributed by atoms with Crippen molar-refractivity contribution in [1.82, 2.24) is 68.5 Å². The van der Waals surface area contributed by atoms with Crippen LogP contribution in [-0.4, -0.2) is 199 Å². The van der Waals surface area contributed by atoms with Crippen molar-refractivity contribution < 1.29 is 77.3 Å². The zero-order chi connectivity index (χ0) is 75.8. The maximum absolute atomic E-state index is 14.9. The number of hydrogen-bond acceptors (Lipinski definition) is 19. The molecule has 20 N–H and O–H groups in total. The molecule has 4 rings (SSSR count). The molecule has 15 unspecified atom stereocenters. The van der Waals surface area contributed by atoms with E-state index >= 15 is 0 Å². The van der Waals surface area contributed by atoms with Crippen LogP contribution in [0, 0.1) is 23.7 Å². The van der Waals surface area contributed by atoms with Gasteiger partial charge < -0.3 is 90.9 Å². The molecule has 3 heterocycles. The maximum Gasteiger partial charge on any atom is 0.305 e. The van der Waals surface area contributed by atoms with Gasteiger partial charge in [0, 0.05) is 37.8 Å². The van der Waals surface area contributed by atoms with Crippen LogP contribution in [0.4, 0.5) is 0 Å². The summed E-state index contributed by atoms with van der Waals surface area (Å²) in [5.41, 5.74) is 18.7. The van der Waals surface area contributed by atoms with Crippen molar-refractivity contribution in [3.05, 3.63) is 79.4 Å². The Morgan fingerprint density at radius 2 is 1.29 bits per heavy atom. The molecular formula is C68H103N17O16S. The summed E-state index contributed by atoms with van der Waals surface area (Å²) in [6, 6.07) is -8.71. The standard InChI is InChI=1S/C68H103N17O16S/c1-9-18-38(7)54(71)68-83-50(34-102-68)65(99)78-45(28-36(4)5)61(95)76-44(24-25-52(87)88)60(94)85-56(39(8)19-10-2)67(101)77-42-22-15-16-27-73-57(91)48(31-51(70)86)80-64(98)49(32-53(89)90)81-63(97)47(30-41-33-72-35-74-41)79-62(96)46(29-40-20-13-12-14-21-40)82-66(100)55(37(6)11-3)84-59(93)43(23-17-26-69)75-58(42)92/h9-10,12-14,20-21,33,35-39,42-50,54-56H,1-2,11,15-19,22-32,34,69,71H2,3-8H3,(H2,70,86)(H,72,74)(H,73,91)(H,75,92)(H,76,95)(H,77,101)(H,78,99)(H,79,96)(H,80,98)(H,81,97)(H,82,100)(H,84,93)(H,85,94)(H,87,88)(H,89,90). The number of aliphatic carboxylic acids is 2. The molecule has 12 amide bonds. The lowest BCUT2D eigenvalue weighted by Gasteiger charge is -2.30. The Bertz CT molecular complexity index is 3270. The first-order chi connectivity index (χ1) is 48.4. The number of nitrogens with one attached hydrogen (secondary N) is 12. The van der Waals surface area contributed by atoms with Gasteiger partial charge in [0.15, 0.2) is 0 Å². The van der Waals surface area contributed by atoms with E-state index in [0.29, 0.717) is 17.0 Å². The smallest absolute Gasteiger partial charge is 0.305 e. The van der Waals surface area contributed by atoms with Gasteiger partial charge in [0.05, 0.1) is 35.9 Å². The first-order valence-electron chi connectivity index (χ1n) is 34.3. The average Bonchev–Trinajstić information content (AvgIpc) is 1.31. The summed E-state index contributed by atoms with van der Waals surface area (Å²) in [5.74, 6) is -15.9. The molecule has 33 nitrogen and oxygen atoms in total. The highest BCUT2D eigenvalue weighted by molar-refractivity contribution is 8.14. The number of carbonyl (C=O) groups is 14. The van der Waals surface area contributed by atoms with Crippen LogP contribution in [0.25, 0.3) is 0 Å². The number of carboxylic acids is 2. The third-order valence-corrected chi connectivity index (χ3v) is 18.4. The largest absolute Gasteiger partial charge is 0.481 e. The van der Waals surface area contributed by atoms with E-state index in [1.165, 1.54) is 30.4 Å². The van der Waals surface area contributed by atoms with Gasteiger partial charge in [-0.2, -0.15) is 0 Å². The molecule has 15 atom stereocenters. The number of aromatic amines is 1. The molecule has 0 aliphatic carbocycles. The van der Waals surface area contributed by atoms with Crippen LogP contribution >= 0.6 is 11.8 Å². The number of hydrogen-bond donors (Lipinski definition) is 17. The second kappa shape index (κ2) is 43.3. The van der Waals surface area contributed by atoms with E-state index in [1.54, 1.807) is 71.0 Å². The van der Waals surface area contributed by atoms with E-state index in [2.05, 4.69) is 86.6 Å². The molecule has 0 saturated carbocycles. The number of carboxylic acid groups (broad SMARTS) is 2. The number of carbonyl (C=O) groups excluding carboxylic acids is 12. The first-order valence-corrected chi connectivity index (χ1v) is 35.3. The molecule has 1 saturated heterocycles. The fraction of sp³-hybridized carbons (Fsp3) is 0.588. The number of imidazole rings is 1. The Labute approximate surface area is 597 Å². The molecule has 2 aliphatic rings. The number of allylic oxidation sites excluding steroid dienone is 2. The van der Waals surface area contributed by atoms with Gasteiger partial charge in [0.2, 0.25) is 70.9 Å². The number of nitrogens with two attached hydrogens (primary N) is 3. The number of rotatable bonds is 33. The lowest BCUT2D eigenvalue weighted by molar-refractivity contribution is -0.142. The second-order valence-corrected chi connectivity index (χ2v) is 27.2. The van der Waals surface area contributed by atoms with Crippen LogP contribution in [0.15, 0.2) is 73.2 Å². The summed E-state index contributed by atoms with van der Waals surface area (Å²) in [5, 5.41) is 49.0. The number of amides is 12. The van der Waals surface area contributed by atoms with Gasteiger partial charge in [0.1, 0.15) is 66.5 Å². The van der Waals surface area contributed by atoms with Crippen molar-refractivity contribution in [3.63, 3.8) is 0 Å². The van der Waals surface area contributed by atoms with E-state index in [0.717, 1.165) is 0 Å². The number of aromatic nitrogens is 2. The average molecular weight is 1450 g/mol. The van der Waals surface area contributed by atoms with Crippen molar-refractivity contribution in [2.24, 2.45) is 45.9 Å². The molecule has 0 bridgehead atoms. The lowest BCUT2D eigenvalue weighted by Crippen LogP contribution is -2.62. The zero-order valence-corrected chi connectivity index (χ0v) is 59.5. The zero-order valence-electron chi connectivity index (χ0n) is 58.7. The third-order valence-electron chi connectivity index (χ3n) is 17.3. The van der Waals surface area contributed by atoms with Crippen LogP contribution in [0.1, 0.15) is 136 Å². The summed E-state index contributed by atoms with van der Waals surface area (Å²) < 4.78 is 0. The second-order valence-electron chi connectivity index (χ2n) is 26.2. The topological polar surface area (TPSA) is 531 Å². The summed E-state index contributed by atoms with van der Waals surface area (Å²) >= 11 is 1.32. The van der Waals surface area contributed by atoms with E-state index < -0.39 is 193 Å². The SMILES string of the molecule is C=CCC(C)C(N)C1=NC(C(=O)NC(CC(C)C)C(=O)NC(CCC(=O)O)C(=O)NC(C(=O)NC2CCCCNC(=O)C(CC(N)=O)NC(=O)C(CC(=O)O)NC(=O)C(Cc3c[nH]cn3)NC(=O)C(Cc3ccccc3)NC(=O)C(C(C)CC)NC(=O)C(CCCN)NC2=O)C(C)CC=C)CS1. The summed E-state index contributed by atoms with van der Waals surface area (Å²) in [7, 11) is 0. The molecular weight excluding hydrogens is 1340 g/mol. The van der Waals surface area contributed by atoms with Gasteiger partial charge in [-0.05, 0) is 93.6 Å². The van der Waals surface area contributed by atoms with Crippen LogP contribution in [0.2, 0.25) is 0 Å². The molecule has 0 radical (unpaired) electrons. The minimum atomic E-state index is -1.95. The molecule has 102 heavy (non-hydrogen) atoms. The van der Waals surface area contributed by atoms with Crippen molar-refractivity contribution in [2.45, 2.75) is 210 Å². The molecule has 1 fully saturated rings. The highest BCUT2D eigenvalue weighted by atomic mass is 32.2. The van der Waals surface area contributed by atoms with Gasteiger partial charge in [0.25, 0.3) is 0 Å². The normalized spacial score (nSPS) is 22.8. The number of benzene rings is 1. The molecule has 562 valence electrons. The van der Waals surface area contributed by atoms with Gasteiger partial charge >= 0.3 is 11.9 Å². The van der Waals surface area contributed by atoms with Crippen molar-refractivity contribution >= 4 is 99.6 Å². The molecule has 34 heteroatoms. The number of nitrogens with zero attached hydrogens (tertiary/aromatic N) is 2. The molecule has 1 aromatic heterocycles. The monoisotopic (exact) mass is 1450 g/mol. The Hall–Kier alpha value is -9.57. The van der Waals surface area contributed by atoms with Crippen LogP contribution in [0.3, 0.4) is 0 Å². The Balaban J connectivity index is 1.78. The quantitative estimate of drug-likeness (QED) is 0.0368. The Morgan fingerprint density at radius 1 is 0.696 bits per heavy atom. The van der Waals surface area contributed by atoms with Gasteiger partial charge in [-0.15, -0.1) is 24.9 Å². The molecule has 1 aromatic carbocycles. The third kappa shape index (κ3) is 28.5. The number of aliphatic imine (C=N–C) groups is 1. The maximum atomic E-state index is 14.9. The van der Waals surface area contributed by atoms with Crippen molar-refractivity contribution in [2.75, 3.05) is 18.8 Å². The van der Waals surface area contributed by atoms with Gasteiger partial charge in [-0.25, -0.2) is 4.98 Å². The van der Waals surface area contributed by atoms with E-state index in [4.69, 9.17) is 17.2 Å². The summed E-state index contributed by atoms with van der Waals surface area (Å²) in [6.45, 7) is 17.8. The highest BCUT2D eigenvalue weighted by Gasteiger charge is 2.40. The molecule has 2 aliphatic heterocycles. The predicted molar refractivity (Wildman–Crippen MR) is 378 cm³/mol. The van der Waals surface area contributed by atoms with E-state index in [1.807, 2.05) is 6.92 Å². The Kier molecular flexibility index (Phi) is 36.0. The fourth-order valence-electron chi connectivity index (χ4n) is 11.2. The predicted octanol–water partition coefficient (Wildman–Crippen LogP) is -1.35. The first kappa shape index (κ1) is 84.8. The van der Waals surface area contributed by atoms with E-state index in [-0.39, 0.29) is 101 Å². The van der Waals surface area contributed by atoms with Crippen LogP contribution < -0.4 is 75.7 Å². The summed E-state index contributed by atoms with van der Waals surface area (Å²) in [6.07, 6.45) is 3.07. The van der Waals surface area contributed by atoms with Crippen LogP contribution in [0.5, 0.6) is 0 Å². The number of primary amides is 1. The number of thioether (sulfide) groups is 1. The lowest BCUT2D eigenvalue weighted by atomic mass is 9.95. The molecule has 0 spiro atoms. The summed E-state index contributed by atoms with van der Waals surface area (Å²) in [4.78, 5) is 207. The Morgan fingerprint density at radius 3 is 1.89 bits per heavy atom. The van der Waals surface area contributed by atoms with E-state index in [9.17, 15) is 77.3 Å². The van der Waals surface area contributed by atoms with Crippen molar-refractivity contribution in [3.8, 4) is 0 Å². The minimum Gasteiger partial charge on any atom is -0.481 e. The molecule has 2 aromatic rings. The van der Waals surface area contributed by atoms with Crippen LogP contribution in [-0.2, 0) is 80.0 Å². The highest BCUT2D eigenvalue weighted by Crippen LogP contribution is 2.25. The fourth-order valence-corrected chi connectivity index (χ4v) is 12.4. The van der Waals surface area contributed by atoms with Gasteiger partial charge in [-0.3, -0.25) is 72.1 Å². The number of H-pyrrole nitrogens is 1. The minimum absolute atomic E-state index is 0.00510. The van der Waals surface area contributed by atoms with Gasteiger partial charge in [-0.1, -0.05) is 90.4 Å². The van der Waals surface area contributed by atoms with Crippen molar-refractivity contribution in [1.29, 1.82) is 0 Å².